The Labute approximate surface area is 259 Å². The lowest BCUT2D eigenvalue weighted by Gasteiger charge is -2.37. The second-order valence-corrected chi connectivity index (χ2v) is 13.5. The molecule has 4 fully saturated rings. The number of nitrogens with one attached hydrogen (secondary N) is 1. The zero-order chi connectivity index (χ0) is 29.6. The molecule has 0 atom stereocenters. The third-order valence-electron chi connectivity index (χ3n) is 10.3. The zero-order valence-electron chi connectivity index (χ0n) is 27.0. The zero-order valence-corrected chi connectivity index (χ0v) is 27.0. The second-order valence-electron chi connectivity index (χ2n) is 13.5. The van der Waals surface area contributed by atoms with Crippen LogP contribution in [0.3, 0.4) is 0 Å². The van der Waals surface area contributed by atoms with E-state index in [1.165, 1.54) is 71.1 Å². The summed E-state index contributed by atoms with van der Waals surface area (Å²) in [5, 5.41) is 4.87. The largest absolute Gasteiger partial charge is 0.493 e. The predicted molar refractivity (Wildman–Crippen MR) is 176 cm³/mol. The van der Waals surface area contributed by atoms with Gasteiger partial charge in [0.25, 0.3) is 0 Å². The van der Waals surface area contributed by atoms with Gasteiger partial charge in [-0.05, 0) is 104 Å². The minimum atomic E-state index is 0.401. The summed E-state index contributed by atoms with van der Waals surface area (Å²) in [4.78, 5) is 20.6. The van der Waals surface area contributed by atoms with Crippen LogP contribution >= 0.6 is 0 Å². The molecule has 9 nitrogen and oxygen atoms in total. The van der Waals surface area contributed by atoms with Gasteiger partial charge < -0.3 is 34.4 Å². The van der Waals surface area contributed by atoms with Crippen LogP contribution in [0.25, 0.3) is 10.9 Å². The summed E-state index contributed by atoms with van der Waals surface area (Å²) >= 11 is 0. The van der Waals surface area contributed by atoms with Gasteiger partial charge in [-0.1, -0.05) is 6.42 Å². The Balaban J connectivity index is 1.20. The maximum absolute atomic E-state index is 6.35. The topological polar surface area (TPSA) is 69.2 Å². The molecule has 1 aromatic carbocycles. The number of methoxy groups -OCH3 is 1. The van der Waals surface area contributed by atoms with E-state index in [9.17, 15) is 0 Å². The quantitative estimate of drug-likeness (QED) is 0.352. The summed E-state index contributed by atoms with van der Waals surface area (Å²) in [5.74, 6) is 3.31. The Bertz CT molecular complexity index is 1170. The van der Waals surface area contributed by atoms with Gasteiger partial charge in [0.2, 0.25) is 5.95 Å². The van der Waals surface area contributed by atoms with Gasteiger partial charge >= 0.3 is 0 Å². The number of rotatable bonds is 11. The molecule has 0 saturated carbocycles. The van der Waals surface area contributed by atoms with Crippen LogP contribution in [-0.4, -0.2) is 115 Å². The SMILES string of the molecule is COc1cc2c(NC3CCN(C(C)C)CC3)nc(N3CCC(N4CCCC4)CC3)nc2cc1OCCCN1CCCCC1. The Kier molecular flexibility index (Phi) is 10.4. The Hall–Kier alpha value is -2.36. The molecule has 0 bridgehead atoms. The van der Waals surface area contributed by atoms with Crippen molar-refractivity contribution in [1.82, 2.24) is 24.7 Å². The molecule has 0 spiro atoms. The lowest BCUT2D eigenvalue weighted by Crippen LogP contribution is -2.44. The highest BCUT2D eigenvalue weighted by Gasteiger charge is 2.29. The molecular formula is C34H55N7O2. The molecule has 2 aromatic rings. The van der Waals surface area contributed by atoms with Crippen molar-refractivity contribution in [3.8, 4) is 11.5 Å². The van der Waals surface area contributed by atoms with Gasteiger partial charge in [0.05, 0.1) is 19.2 Å². The molecule has 4 aliphatic heterocycles. The molecule has 5 heterocycles. The Morgan fingerprint density at radius 2 is 1.56 bits per heavy atom. The van der Waals surface area contributed by atoms with Crippen molar-refractivity contribution in [1.29, 1.82) is 0 Å². The van der Waals surface area contributed by atoms with Gasteiger partial charge in [-0.3, -0.25) is 0 Å². The molecular weight excluding hydrogens is 538 g/mol. The van der Waals surface area contributed by atoms with Crippen LogP contribution in [0.5, 0.6) is 11.5 Å². The van der Waals surface area contributed by atoms with Crippen molar-refractivity contribution >= 4 is 22.7 Å². The number of piperidine rings is 3. The highest BCUT2D eigenvalue weighted by molar-refractivity contribution is 5.93. The number of benzene rings is 1. The first-order valence-corrected chi connectivity index (χ1v) is 17.3. The Morgan fingerprint density at radius 1 is 0.837 bits per heavy atom. The average molecular weight is 594 g/mol. The summed E-state index contributed by atoms with van der Waals surface area (Å²) in [6, 6.07) is 5.88. The minimum absolute atomic E-state index is 0.401. The second kappa shape index (κ2) is 14.6. The van der Waals surface area contributed by atoms with E-state index in [1.807, 2.05) is 0 Å². The fraction of sp³-hybridized carbons (Fsp3) is 0.765. The van der Waals surface area contributed by atoms with Crippen molar-refractivity contribution in [2.45, 2.75) is 96.2 Å². The predicted octanol–water partition coefficient (Wildman–Crippen LogP) is 5.24. The fourth-order valence-electron chi connectivity index (χ4n) is 7.59. The number of likely N-dealkylation sites (tertiary alicyclic amines) is 3. The summed E-state index contributed by atoms with van der Waals surface area (Å²) in [5.41, 5.74) is 0.931. The number of hydrogen-bond acceptors (Lipinski definition) is 9. The molecule has 0 radical (unpaired) electrons. The van der Waals surface area contributed by atoms with Gasteiger partial charge in [-0.15, -0.1) is 0 Å². The molecule has 4 saturated heterocycles. The normalized spacial score (nSPS) is 22.1. The van der Waals surface area contributed by atoms with Gasteiger partial charge in [0, 0.05) is 62.3 Å². The molecule has 0 amide bonds. The Morgan fingerprint density at radius 3 is 2.26 bits per heavy atom. The minimum Gasteiger partial charge on any atom is -0.493 e. The molecule has 1 aromatic heterocycles. The van der Waals surface area contributed by atoms with E-state index in [2.05, 4.69) is 50.9 Å². The van der Waals surface area contributed by atoms with E-state index in [0.29, 0.717) is 24.7 Å². The lowest BCUT2D eigenvalue weighted by molar-refractivity contribution is 0.177. The molecule has 0 aliphatic carbocycles. The smallest absolute Gasteiger partial charge is 0.227 e. The van der Waals surface area contributed by atoms with Crippen LogP contribution < -0.4 is 19.7 Å². The van der Waals surface area contributed by atoms with E-state index in [-0.39, 0.29) is 0 Å². The number of fused-ring (bicyclic) bond motifs is 1. The molecule has 9 heteroatoms. The maximum atomic E-state index is 6.35. The van der Waals surface area contributed by atoms with Crippen molar-refractivity contribution in [3.05, 3.63) is 12.1 Å². The summed E-state index contributed by atoms with van der Waals surface area (Å²) < 4.78 is 12.2. The molecule has 4 aliphatic rings. The first-order valence-electron chi connectivity index (χ1n) is 17.3. The van der Waals surface area contributed by atoms with Gasteiger partial charge in [0.15, 0.2) is 11.5 Å². The van der Waals surface area contributed by atoms with Crippen molar-refractivity contribution < 1.29 is 9.47 Å². The standard InChI is InChI=1S/C34H55N7O2/c1-26(2)39-19-10-27(11-20-39)35-33-29-24-31(42-3)32(43-23-9-16-38-14-5-4-6-15-38)25-30(29)36-34(37-33)41-21-12-28(13-22-41)40-17-7-8-18-40/h24-28H,4-23H2,1-3H3,(H,35,36,37). The van der Waals surface area contributed by atoms with E-state index in [1.54, 1.807) is 7.11 Å². The summed E-state index contributed by atoms with van der Waals surface area (Å²) in [6.45, 7) is 15.6. The van der Waals surface area contributed by atoms with E-state index >= 15 is 0 Å². The van der Waals surface area contributed by atoms with Crippen LogP contribution in [0.2, 0.25) is 0 Å². The first-order chi connectivity index (χ1) is 21.1. The average Bonchev–Trinajstić information content (AvgIpc) is 3.59. The third kappa shape index (κ3) is 7.66. The van der Waals surface area contributed by atoms with Crippen molar-refractivity contribution in [2.75, 3.05) is 82.8 Å². The van der Waals surface area contributed by atoms with Crippen molar-refractivity contribution in [2.24, 2.45) is 0 Å². The summed E-state index contributed by atoms with van der Waals surface area (Å²) in [7, 11) is 1.73. The van der Waals surface area contributed by atoms with E-state index in [0.717, 1.165) is 86.2 Å². The van der Waals surface area contributed by atoms with Gasteiger partial charge in [0.1, 0.15) is 5.82 Å². The molecule has 43 heavy (non-hydrogen) atoms. The van der Waals surface area contributed by atoms with E-state index in [4.69, 9.17) is 19.4 Å². The fourth-order valence-corrected chi connectivity index (χ4v) is 7.59. The molecule has 0 unspecified atom stereocenters. The highest BCUT2D eigenvalue weighted by atomic mass is 16.5. The van der Waals surface area contributed by atoms with E-state index < -0.39 is 0 Å². The maximum Gasteiger partial charge on any atom is 0.227 e. The molecule has 1 N–H and O–H groups in total. The highest BCUT2D eigenvalue weighted by Crippen LogP contribution is 2.36. The molecule has 238 valence electrons. The van der Waals surface area contributed by atoms with Crippen LogP contribution in [-0.2, 0) is 0 Å². The summed E-state index contributed by atoms with van der Waals surface area (Å²) in [6.07, 6.45) is 12.4. The first kappa shape index (κ1) is 30.7. The monoisotopic (exact) mass is 593 g/mol. The van der Waals surface area contributed by atoms with Crippen LogP contribution in [0.15, 0.2) is 12.1 Å². The van der Waals surface area contributed by atoms with Crippen LogP contribution in [0, 0.1) is 0 Å². The van der Waals surface area contributed by atoms with Crippen molar-refractivity contribution in [3.63, 3.8) is 0 Å². The number of hydrogen-bond donors (Lipinski definition) is 1. The number of nitrogens with zero attached hydrogens (tertiary/aromatic N) is 6. The number of ether oxygens (including phenoxy) is 2. The molecule has 6 rings (SSSR count). The van der Waals surface area contributed by atoms with Gasteiger partial charge in [-0.25, -0.2) is 4.98 Å². The number of aromatic nitrogens is 2. The van der Waals surface area contributed by atoms with Gasteiger partial charge in [-0.2, -0.15) is 4.98 Å². The third-order valence-corrected chi connectivity index (χ3v) is 10.3. The lowest BCUT2D eigenvalue weighted by atomic mass is 10.0. The van der Waals surface area contributed by atoms with Crippen LogP contribution in [0.4, 0.5) is 11.8 Å². The van der Waals surface area contributed by atoms with Crippen LogP contribution in [0.1, 0.15) is 78.1 Å². The number of anilines is 2.